The molecule has 0 fully saturated rings. The fraction of sp³-hybridized carbons (Fsp3) is 0.571. The first-order valence-electron chi connectivity index (χ1n) is 5.95. The molecule has 0 aliphatic carbocycles. The molecule has 0 saturated carbocycles. The normalized spacial score (nSPS) is 15.1. The molecule has 16 heavy (non-hydrogen) atoms. The molecular weight excluding hydrogens is 198 g/mol. The summed E-state index contributed by atoms with van der Waals surface area (Å²) in [5, 5.41) is 13.7. The molecule has 2 nitrogen and oxygen atoms in total. The van der Waals surface area contributed by atoms with Crippen LogP contribution in [0.5, 0.6) is 0 Å². The van der Waals surface area contributed by atoms with E-state index in [1.54, 1.807) is 0 Å². The Balaban J connectivity index is 2.62. The highest BCUT2D eigenvalue weighted by molar-refractivity contribution is 5.26. The molecule has 1 aromatic carbocycles. The van der Waals surface area contributed by atoms with Gasteiger partial charge in [0, 0.05) is 6.04 Å². The summed E-state index contributed by atoms with van der Waals surface area (Å²) in [5.41, 5.74) is 1.45. The molecule has 2 N–H and O–H groups in total. The molecule has 0 saturated heterocycles. The summed E-state index contributed by atoms with van der Waals surface area (Å²) in [5.74, 6) is 0. The summed E-state index contributed by atoms with van der Waals surface area (Å²) in [6.07, 6.45) is 0.731. The van der Waals surface area contributed by atoms with Gasteiger partial charge < -0.3 is 10.4 Å². The standard InChI is InChI=1S/C14H23NO/c1-11(2)15-9-8-14(4,16)13-7-5-6-12(3)10-13/h5-7,10-11,15-16H,8-9H2,1-4H3. The van der Waals surface area contributed by atoms with E-state index in [1.807, 2.05) is 32.0 Å². The quantitative estimate of drug-likeness (QED) is 0.801. The van der Waals surface area contributed by atoms with Crippen molar-refractivity contribution in [3.05, 3.63) is 35.4 Å². The summed E-state index contributed by atoms with van der Waals surface area (Å²) in [6.45, 7) is 8.98. The number of hydrogen-bond acceptors (Lipinski definition) is 2. The summed E-state index contributed by atoms with van der Waals surface area (Å²) in [6, 6.07) is 8.55. The van der Waals surface area contributed by atoms with Crippen LogP contribution in [0.4, 0.5) is 0 Å². The zero-order valence-electron chi connectivity index (χ0n) is 10.7. The molecular formula is C14H23NO. The van der Waals surface area contributed by atoms with Gasteiger partial charge in [-0.15, -0.1) is 0 Å². The lowest BCUT2D eigenvalue weighted by molar-refractivity contribution is 0.0475. The monoisotopic (exact) mass is 221 g/mol. The molecule has 0 bridgehead atoms. The van der Waals surface area contributed by atoms with Crippen LogP contribution in [0.15, 0.2) is 24.3 Å². The average molecular weight is 221 g/mol. The number of rotatable bonds is 5. The maximum Gasteiger partial charge on any atom is 0.0880 e. The van der Waals surface area contributed by atoms with Crippen LogP contribution in [0.3, 0.4) is 0 Å². The zero-order valence-corrected chi connectivity index (χ0v) is 10.7. The Bertz CT molecular complexity index is 331. The molecule has 0 radical (unpaired) electrons. The minimum absolute atomic E-state index is 0.466. The van der Waals surface area contributed by atoms with Crippen molar-refractivity contribution in [1.29, 1.82) is 0 Å². The van der Waals surface area contributed by atoms with Gasteiger partial charge in [-0.25, -0.2) is 0 Å². The molecule has 0 aliphatic heterocycles. The Hall–Kier alpha value is -0.860. The second-order valence-electron chi connectivity index (χ2n) is 5.00. The molecule has 0 heterocycles. The van der Waals surface area contributed by atoms with Crippen molar-refractivity contribution in [1.82, 2.24) is 5.32 Å². The van der Waals surface area contributed by atoms with Crippen LogP contribution in [-0.4, -0.2) is 17.7 Å². The van der Waals surface area contributed by atoms with Gasteiger partial charge in [0.2, 0.25) is 0 Å². The molecule has 1 rings (SSSR count). The largest absolute Gasteiger partial charge is 0.385 e. The molecule has 1 unspecified atom stereocenters. The van der Waals surface area contributed by atoms with E-state index >= 15 is 0 Å². The third-order valence-corrected chi connectivity index (χ3v) is 2.80. The molecule has 0 spiro atoms. The summed E-state index contributed by atoms with van der Waals surface area (Å²) in [4.78, 5) is 0. The molecule has 2 heteroatoms. The summed E-state index contributed by atoms with van der Waals surface area (Å²) < 4.78 is 0. The Morgan fingerprint density at radius 3 is 2.62 bits per heavy atom. The zero-order chi connectivity index (χ0) is 12.2. The lowest BCUT2D eigenvalue weighted by Crippen LogP contribution is -2.31. The van der Waals surface area contributed by atoms with Gasteiger partial charge in [0.05, 0.1) is 5.60 Å². The first-order valence-corrected chi connectivity index (χ1v) is 5.95. The smallest absolute Gasteiger partial charge is 0.0880 e. The van der Waals surface area contributed by atoms with Crippen molar-refractivity contribution in [2.75, 3.05) is 6.54 Å². The van der Waals surface area contributed by atoms with Gasteiger partial charge in [-0.05, 0) is 32.4 Å². The van der Waals surface area contributed by atoms with Crippen LogP contribution in [0.2, 0.25) is 0 Å². The van der Waals surface area contributed by atoms with Crippen LogP contribution in [0, 0.1) is 6.92 Å². The molecule has 90 valence electrons. The van der Waals surface area contributed by atoms with Crippen molar-refractivity contribution in [2.24, 2.45) is 0 Å². The summed E-state index contributed by atoms with van der Waals surface area (Å²) >= 11 is 0. The van der Waals surface area contributed by atoms with E-state index in [9.17, 15) is 5.11 Å². The second-order valence-corrected chi connectivity index (χ2v) is 5.00. The Labute approximate surface area is 98.7 Å². The van der Waals surface area contributed by atoms with Crippen molar-refractivity contribution in [2.45, 2.75) is 45.8 Å². The average Bonchev–Trinajstić information content (AvgIpc) is 2.16. The van der Waals surface area contributed by atoms with Gasteiger partial charge >= 0.3 is 0 Å². The van der Waals surface area contributed by atoms with E-state index in [0.717, 1.165) is 18.5 Å². The number of hydrogen-bond donors (Lipinski definition) is 2. The van der Waals surface area contributed by atoms with Crippen molar-refractivity contribution in [3.63, 3.8) is 0 Å². The Morgan fingerprint density at radius 1 is 1.38 bits per heavy atom. The first kappa shape index (κ1) is 13.2. The molecule has 0 aromatic heterocycles. The van der Waals surface area contributed by atoms with Crippen molar-refractivity contribution in [3.8, 4) is 0 Å². The van der Waals surface area contributed by atoms with Gasteiger partial charge in [-0.1, -0.05) is 43.7 Å². The van der Waals surface area contributed by atoms with E-state index in [2.05, 4.69) is 25.2 Å². The van der Waals surface area contributed by atoms with E-state index in [0.29, 0.717) is 6.04 Å². The van der Waals surface area contributed by atoms with Crippen LogP contribution in [0.25, 0.3) is 0 Å². The minimum atomic E-state index is -0.742. The lowest BCUT2D eigenvalue weighted by atomic mass is 9.91. The highest BCUT2D eigenvalue weighted by Gasteiger charge is 2.22. The summed E-state index contributed by atoms with van der Waals surface area (Å²) in [7, 11) is 0. The van der Waals surface area contributed by atoms with Gasteiger partial charge in [-0.3, -0.25) is 0 Å². The van der Waals surface area contributed by atoms with Gasteiger partial charge in [0.15, 0.2) is 0 Å². The molecule has 1 aromatic rings. The van der Waals surface area contributed by atoms with Gasteiger partial charge in [-0.2, -0.15) is 0 Å². The number of nitrogens with one attached hydrogen (secondary N) is 1. The minimum Gasteiger partial charge on any atom is -0.385 e. The van der Waals surface area contributed by atoms with E-state index in [1.165, 1.54) is 5.56 Å². The van der Waals surface area contributed by atoms with Crippen LogP contribution in [0.1, 0.15) is 38.3 Å². The molecule has 0 amide bonds. The predicted octanol–water partition coefficient (Wildman–Crippen LogP) is 2.59. The van der Waals surface area contributed by atoms with Gasteiger partial charge in [0.1, 0.15) is 0 Å². The number of aliphatic hydroxyl groups is 1. The maximum atomic E-state index is 10.4. The first-order chi connectivity index (χ1) is 7.42. The molecule has 0 aliphatic rings. The number of benzene rings is 1. The van der Waals surface area contributed by atoms with E-state index in [-0.39, 0.29) is 0 Å². The van der Waals surface area contributed by atoms with Crippen LogP contribution >= 0.6 is 0 Å². The topological polar surface area (TPSA) is 32.3 Å². The van der Waals surface area contributed by atoms with Crippen LogP contribution in [-0.2, 0) is 5.60 Å². The maximum absolute atomic E-state index is 10.4. The van der Waals surface area contributed by atoms with Crippen molar-refractivity contribution < 1.29 is 5.11 Å². The SMILES string of the molecule is Cc1cccc(C(C)(O)CCNC(C)C)c1. The lowest BCUT2D eigenvalue weighted by Gasteiger charge is -2.25. The second kappa shape index (κ2) is 5.46. The van der Waals surface area contributed by atoms with Gasteiger partial charge in [0.25, 0.3) is 0 Å². The highest BCUT2D eigenvalue weighted by atomic mass is 16.3. The fourth-order valence-corrected chi connectivity index (χ4v) is 1.73. The van der Waals surface area contributed by atoms with Crippen molar-refractivity contribution >= 4 is 0 Å². The van der Waals surface area contributed by atoms with E-state index in [4.69, 9.17) is 0 Å². The third kappa shape index (κ3) is 3.95. The Kier molecular flexibility index (Phi) is 4.51. The Morgan fingerprint density at radius 2 is 2.06 bits per heavy atom. The van der Waals surface area contributed by atoms with Crippen LogP contribution < -0.4 is 5.32 Å². The number of aryl methyl sites for hydroxylation is 1. The van der Waals surface area contributed by atoms with E-state index < -0.39 is 5.60 Å². The fourth-order valence-electron chi connectivity index (χ4n) is 1.73. The third-order valence-electron chi connectivity index (χ3n) is 2.80. The highest BCUT2D eigenvalue weighted by Crippen LogP contribution is 2.24. The molecule has 1 atom stereocenters. The predicted molar refractivity (Wildman–Crippen MR) is 68.5 cm³/mol.